The summed E-state index contributed by atoms with van der Waals surface area (Å²) in [6.45, 7) is 8.04. The topological polar surface area (TPSA) is 73.9 Å². The summed E-state index contributed by atoms with van der Waals surface area (Å²) in [4.78, 5) is 0. The number of aliphatic hydroxyl groups is 1. The lowest BCUT2D eigenvalue weighted by Gasteiger charge is -2.33. The summed E-state index contributed by atoms with van der Waals surface area (Å²) < 4.78 is 15.6. The minimum atomic E-state index is -0.346. The quantitative estimate of drug-likeness (QED) is 0.579. The van der Waals surface area contributed by atoms with Crippen LogP contribution in [0.4, 0.5) is 0 Å². The number of methoxy groups -OCH3 is 1. The molecule has 0 amide bonds. The summed E-state index contributed by atoms with van der Waals surface area (Å²) in [7, 11) is 1.63. The van der Waals surface area contributed by atoms with Crippen molar-refractivity contribution in [2.75, 3.05) is 40.1 Å². The van der Waals surface area contributed by atoms with Gasteiger partial charge in [0.25, 0.3) is 0 Å². The minimum absolute atomic E-state index is 0.0729. The average Bonchev–Trinajstić information content (AvgIpc) is 2.26. The maximum Gasteiger partial charge on any atom is 0.0962 e. The van der Waals surface area contributed by atoms with Crippen molar-refractivity contribution in [2.24, 2.45) is 11.1 Å². The number of hydrogen-bond acceptors (Lipinski definition) is 5. The van der Waals surface area contributed by atoms with Crippen molar-refractivity contribution in [3.05, 3.63) is 0 Å². The molecule has 0 aromatic rings. The van der Waals surface area contributed by atoms with Crippen molar-refractivity contribution in [3.63, 3.8) is 0 Å². The Bertz CT molecular complexity index is 182. The van der Waals surface area contributed by atoms with Gasteiger partial charge in [0, 0.05) is 13.2 Å². The first-order valence-electron chi connectivity index (χ1n) is 5.98. The first kappa shape index (κ1) is 16.8. The van der Waals surface area contributed by atoms with Gasteiger partial charge in [-0.1, -0.05) is 20.8 Å². The van der Waals surface area contributed by atoms with Gasteiger partial charge in [0.05, 0.1) is 39.1 Å². The molecule has 0 aromatic carbocycles. The van der Waals surface area contributed by atoms with Gasteiger partial charge in [-0.3, -0.25) is 0 Å². The number of aliphatic hydroxyl groups excluding tert-OH is 1. The molecule has 2 atom stereocenters. The molecule has 17 heavy (non-hydrogen) atoms. The Morgan fingerprint density at radius 3 is 2.18 bits per heavy atom. The highest BCUT2D eigenvalue weighted by atomic mass is 16.5. The van der Waals surface area contributed by atoms with E-state index in [1.165, 1.54) is 0 Å². The SMILES string of the molecule is COCCOCCOC(CO)C(N)C(C)(C)C. The molecule has 104 valence electrons. The lowest BCUT2D eigenvalue weighted by Crippen LogP contribution is -2.48. The third kappa shape index (κ3) is 7.68. The van der Waals surface area contributed by atoms with E-state index in [1.54, 1.807) is 7.11 Å². The summed E-state index contributed by atoms with van der Waals surface area (Å²) >= 11 is 0. The zero-order valence-electron chi connectivity index (χ0n) is 11.4. The predicted molar refractivity (Wildman–Crippen MR) is 67.0 cm³/mol. The Morgan fingerprint density at radius 2 is 1.71 bits per heavy atom. The maximum atomic E-state index is 9.23. The van der Waals surface area contributed by atoms with E-state index in [9.17, 15) is 5.11 Å². The molecule has 0 aliphatic heterocycles. The molecule has 0 saturated heterocycles. The van der Waals surface area contributed by atoms with Crippen LogP contribution in [0.25, 0.3) is 0 Å². The van der Waals surface area contributed by atoms with Gasteiger partial charge in [-0.05, 0) is 5.41 Å². The van der Waals surface area contributed by atoms with E-state index in [0.717, 1.165) is 0 Å². The van der Waals surface area contributed by atoms with Gasteiger partial charge in [-0.2, -0.15) is 0 Å². The van der Waals surface area contributed by atoms with Crippen molar-refractivity contribution in [2.45, 2.75) is 32.9 Å². The molecule has 0 fully saturated rings. The molecule has 0 spiro atoms. The Kier molecular flexibility index (Phi) is 8.72. The fourth-order valence-electron chi connectivity index (χ4n) is 1.33. The second kappa shape index (κ2) is 8.83. The van der Waals surface area contributed by atoms with Crippen LogP contribution in [0.2, 0.25) is 0 Å². The van der Waals surface area contributed by atoms with Gasteiger partial charge >= 0.3 is 0 Å². The lowest BCUT2D eigenvalue weighted by molar-refractivity contribution is -0.0498. The smallest absolute Gasteiger partial charge is 0.0962 e. The van der Waals surface area contributed by atoms with Gasteiger partial charge in [-0.15, -0.1) is 0 Å². The summed E-state index contributed by atoms with van der Waals surface area (Å²) in [5.41, 5.74) is 5.93. The normalized spacial score (nSPS) is 15.9. The van der Waals surface area contributed by atoms with Crippen LogP contribution < -0.4 is 5.73 Å². The van der Waals surface area contributed by atoms with Gasteiger partial charge in [0.1, 0.15) is 0 Å². The lowest BCUT2D eigenvalue weighted by atomic mass is 9.84. The van der Waals surface area contributed by atoms with E-state index >= 15 is 0 Å². The molecule has 2 unspecified atom stereocenters. The first-order valence-corrected chi connectivity index (χ1v) is 5.98. The Balaban J connectivity index is 3.75. The summed E-state index contributed by atoms with van der Waals surface area (Å²) in [6.07, 6.45) is -0.346. The Labute approximate surface area is 104 Å². The van der Waals surface area contributed by atoms with Gasteiger partial charge in [0.2, 0.25) is 0 Å². The second-order valence-corrected chi connectivity index (χ2v) is 5.09. The molecule has 0 aromatic heterocycles. The van der Waals surface area contributed by atoms with Crippen LogP contribution >= 0.6 is 0 Å². The average molecular weight is 249 g/mol. The largest absolute Gasteiger partial charge is 0.394 e. The van der Waals surface area contributed by atoms with Crippen LogP contribution in [-0.4, -0.2) is 57.4 Å². The van der Waals surface area contributed by atoms with Crippen molar-refractivity contribution in [1.82, 2.24) is 0 Å². The molecule has 0 radical (unpaired) electrons. The Hall–Kier alpha value is -0.200. The van der Waals surface area contributed by atoms with Crippen molar-refractivity contribution < 1.29 is 19.3 Å². The molecule has 0 aliphatic carbocycles. The number of rotatable bonds is 9. The third-order valence-electron chi connectivity index (χ3n) is 2.57. The van der Waals surface area contributed by atoms with E-state index in [-0.39, 0.29) is 24.2 Å². The molecular weight excluding hydrogens is 222 g/mol. The molecule has 5 nitrogen and oxygen atoms in total. The molecule has 5 heteroatoms. The predicted octanol–water partition coefficient (Wildman–Crippen LogP) is 0.400. The molecule has 0 bridgehead atoms. The molecule has 0 aliphatic rings. The van der Waals surface area contributed by atoms with Crippen LogP contribution in [0.3, 0.4) is 0 Å². The van der Waals surface area contributed by atoms with Crippen molar-refractivity contribution in [1.29, 1.82) is 0 Å². The van der Waals surface area contributed by atoms with Crippen LogP contribution in [0.15, 0.2) is 0 Å². The van der Waals surface area contributed by atoms with Crippen molar-refractivity contribution in [3.8, 4) is 0 Å². The number of nitrogens with two attached hydrogens (primary N) is 1. The first-order chi connectivity index (χ1) is 7.93. The molecular formula is C12H27NO4. The fraction of sp³-hybridized carbons (Fsp3) is 1.00. The summed E-state index contributed by atoms with van der Waals surface area (Å²) in [6, 6.07) is -0.202. The second-order valence-electron chi connectivity index (χ2n) is 5.09. The van der Waals surface area contributed by atoms with Gasteiger partial charge in [0.15, 0.2) is 0 Å². The highest BCUT2D eigenvalue weighted by Gasteiger charge is 2.29. The maximum absolute atomic E-state index is 9.23. The van der Waals surface area contributed by atoms with Crippen LogP contribution in [0.5, 0.6) is 0 Å². The molecule has 0 heterocycles. The Morgan fingerprint density at radius 1 is 1.12 bits per heavy atom. The number of ether oxygens (including phenoxy) is 3. The zero-order valence-corrected chi connectivity index (χ0v) is 11.4. The minimum Gasteiger partial charge on any atom is -0.394 e. The zero-order chi connectivity index (χ0) is 13.3. The van der Waals surface area contributed by atoms with Crippen LogP contribution in [-0.2, 0) is 14.2 Å². The standard InChI is InChI=1S/C12H27NO4/c1-12(2,3)11(13)10(9-14)17-8-7-16-6-5-15-4/h10-11,14H,5-9,13H2,1-4H3. The van der Waals surface area contributed by atoms with E-state index in [4.69, 9.17) is 19.9 Å². The van der Waals surface area contributed by atoms with Crippen molar-refractivity contribution >= 4 is 0 Å². The summed E-state index contributed by atoms with van der Waals surface area (Å²) in [5.74, 6) is 0. The van der Waals surface area contributed by atoms with E-state index < -0.39 is 0 Å². The fourth-order valence-corrected chi connectivity index (χ4v) is 1.33. The summed E-state index contributed by atoms with van der Waals surface area (Å²) in [5, 5.41) is 9.23. The van der Waals surface area contributed by atoms with E-state index in [1.807, 2.05) is 20.8 Å². The van der Waals surface area contributed by atoms with Crippen LogP contribution in [0.1, 0.15) is 20.8 Å². The van der Waals surface area contributed by atoms with E-state index in [2.05, 4.69) is 0 Å². The van der Waals surface area contributed by atoms with Crippen LogP contribution in [0, 0.1) is 5.41 Å². The molecule has 0 saturated carbocycles. The highest BCUT2D eigenvalue weighted by molar-refractivity contribution is 4.84. The van der Waals surface area contributed by atoms with Gasteiger partial charge < -0.3 is 25.1 Å². The van der Waals surface area contributed by atoms with E-state index in [0.29, 0.717) is 26.4 Å². The molecule has 0 rings (SSSR count). The highest BCUT2D eigenvalue weighted by Crippen LogP contribution is 2.21. The number of hydrogen-bond donors (Lipinski definition) is 2. The van der Waals surface area contributed by atoms with Gasteiger partial charge in [-0.25, -0.2) is 0 Å². The third-order valence-corrected chi connectivity index (χ3v) is 2.57. The molecule has 3 N–H and O–H groups in total. The monoisotopic (exact) mass is 249 g/mol.